The minimum absolute atomic E-state index is 0.00559. The van der Waals surface area contributed by atoms with Crippen molar-refractivity contribution in [1.82, 2.24) is 4.90 Å². The number of primary amides is 2. The summed E-state index contributed by atoms with van der Waals surface area (Å²) in [5.41, 5.74) is 9.95. The van der Waals surface area contributed by atoms with Crippen LogP contribution in [-0.2, 0) is 9.59 Å². The van der Waals surface area contributed by atoms with Crippen molar-refractivity contribution in [3.8, 4) is 6.07 Å². The first-order chi connectivity index (χ1) is 6.56. The van der Waals surface area contributed by atoms with E-state index in [2.05, 4.69) is 0 Å². The maximum absolute atomic E-state index is 10.6. The zero-order valence-corrected chi connectivity index (χ0v) is 7.90. The number of amides is 2. The Morgan fingerprint density at radius 3 is 2.07 bits per heavy atom. The third kappa shape index (κ3) is 7.06. The topological polar surface area (TPSA) is 113 Å². The van der Waals surface area contributed by atoms with Crippen LogP contribution in [0.25, 0.3) is 0 Å². The third-order valence-corrected chi connectivity index (χ3v) is 1.52. The molecule has 6 heteroatoms. The summed E-state index contributed by atoms with van der Waals surface area (Å²) in [5, 5.41) is 8.29. The molecule has 0 fully saturated rings. The average molecular weight is 198 g/mol. The second-order valence-electron chi connectivity index (χ2n) is 2.90. The summed E-state index contributed by atoms with van der Waals surface area (Å²) in [4.78, 5) is 22.7. The van der Waals surface area contributed by atoms with Crippen LogP contribution in [0.2, 0.25) is 0 Å². The van der Waals surface area contributed by atoms with Gasteiger partial charge in [0.2, 0.25) is 11.8 Å². The molecule has 0 aliphatic carbocycles. The highest BCUT2D eigenvalue weighted by atomic mass is 16.2. The molecule has 2 amide bonds. The number of carbonyl (C=O) groups excluding carboxylic acids is 2. The van der Waals surface area contributed by atoms with E-state index >= 15 is 0 Å². The van der Waals surface area contributed by atoms with Gasteiger partial charge in [-0.25, -0.2) is 0 Å². The van der Waals surface area contributed by atoms with Gasteiger partial charge in [0, 0.05) is 13.0 Å². The fourth-order valence-corrected chi connectivity index (χ4v) is 1.04. The van der Waals surface area contributed by atoms with Crippen molar-refractivity contribution in [3.05, 3.63) is 0 Å². The maximum Gasteiger partial charge on any atom is 0.231 e. The zero-order valence-electron chi connectivity index (χ0n) is 7.90. The Bertz CT molecular complexity index is 230. The van der Waals surface area contributed by atoms with Crippen molar-refractivity contribution < 1.29 is 9.59 Å². The molecule has 0 aromatic carbocycles. The maximum atomic E-state index is 10.6. The highest BCUT2D eigenvalue weighted by Crippen LogP contribution is 1.93. The first-order valence-electron chi connectivity index (χ1n) is 4.22. The standard InChI is InChI=1S/C8H14N4O2/c9-3-1-2-4-12(5-7(10)13)6-8(11)14/h1-2,4-6H2,(H2,10,13)(H2,11,14). The highest BCUT2D eigenvalue weighted by Gasteiger charge is 2.10. The van der Waals surface area contributed by atoms with Crippen LogP contribution >= 0.6 is 0 Å². The van der Waals surface area contributed by atoms with Gasteiger partial charge >= 0.3 is 0 Å². The van der Waals surface area contributed by atoms with Crippen LogP contribution in [0.4, 0.5) is 0 Å². The van der Waals surface area contributed by atoms with E-state index in [0.29, 0.717) is 19.4 Å². The minimum Gasteiger partial charge on any atom is -0.369 e. The first-order valence-corrected chi connectivity index (χ1v) is 4.22. The number of nitriles is 1. The van der Waals surface area contributed by atoms with Gasteiger partial charge in [-0.05, 0) is 6.42 Å². The average Bonchev–Trinajstić information content (AvgIpc) is 2.02. The fourth-order valence-electron chi connectivity index (χ4n) is 1.04. The van der Waals surface area contributed by atoms with E-state index in [1.165, 1.54) is 4.90 Å². The largest absolute Gasteiger partial charge is 0.369 e. The number of rotatable bonds is 7. The molecule has 0 saturated heterocycles. The Kier molecular flexibility index (Phi) is 6.07. The third-order valence-electron chi connectivity index (χ3n) is 1.52. The number of nitrogens with zero attached hydrogens (tertiary/aromatic N) is 2. The molecule has 0 aromatic rings. The van der Waals surface area contributed by atoms with Gasteiger partial charge < -0.3 is 11.5 Å². The molecular formula is C8H14N4O2. The van der Waals surface area contributed by atoms with Crippen molar-refractivity contribution in [2.45, 2.75) is 12.8 Å². The predicted octanol–water partition coefficient (Wildman–Crippen LogP) is -1.44. The van der Waals surface area contributed by atoms with E-state index in [0.717, 1.165) is 0 Å². The lowest BCUT2D eigenvalue weighted by molar-refractivity contribution is -0.121. The molecule has 0 aliphatic rings. The molecule has 0 aliphatic heterocycles. The van der Waals surface area contributed by atoms with E-state index in [1.807, 2.05) is 6.07 Å². The molecule has 4 N–H and O–H groups in total. The van der Waals surface area contributed by atoms with Crippen molar-refractivity contribution in [3.63, 3.8) is 0 Å². The van der Waals surface area contributed by atoms with Gasteiger partial charge in [0.25, 0.3) is 0 Å². The Hall–Kier alpha value is -1.61. The number of hydrogen-bond acceptors (Lipinski definition) is 4. The summed E-state index contributed by atoms with van der Waals surface area (Å²) < 4.78 is 0. The Balaban J connectivity index is 3.91. The molecule has 6 nitrogen and oxygen atoms in total. The van der Waals surface area contributed by atoms with Crippen LogP contribution in [0.15, 0.2) is 0 Å². The molecule has 0 aromatic heterocycles. The van der Waals surface area contributed by atoms with Crippen molar-refractivity contribution in [1.29, 1.82) is 5.26 Å². The highest BCUT2D eigenvalue weighted by molar-refractivity contribution is 5.79. The molecular weight excluding hydrogens is 184 g/mol. The molecule has 0 spiro atoms. The predicted molar refractivity (Wildman–Crippen MR) is 49.7 cm³/mol. The number of carbonyl (C=O) groups is 2. The van der Waals surface area contributed by atoms with Crippen LogP contribution in [0.3, 0.4) is 0 Å². The van der Waals surface area contributed by atoms with Gasteiger partial charge in [-0.3, -0.25) is 14.5 Å². The summed E-state index contributed by atoms with van der Waals surface area (Å²) in [5.74, 6) is -1.02. The summed E-state index contributed by atoms with van der Waals surface area (Å²) in [7, 11) is 0. The second-order valence-corrected chi connectivity index (χ2v) is 2.90. The lowest BCUT2D eigenvalue weighted by Gasteiger charge is -2.17. The number of hydrogen-bond donors (Lipinski definition) is 2. The molecule has 0 rings (SSSR count). The Morgan fingerprint density at radius 1 is 1.21 bits per heavy atom. The first kappa shape index (κ1) is 12.4. The van der Waals surface area contributed by atoms with E-state index in [-0.39, 0.29) is 13.1 Å². The van der Waals surface area contributed by atoms with E-state index in [1.54, 1.807) is 0 Å². The monoisotopic (exact) mass is 198 g/mol. The summed E-state index contributed by atoms with van der Waals surface area (Å²) in [6.45, 7) is 0.460. The molecule has 0 heterocycles. The van der Waals surface area contributed by atoms with Crippen LogP contribution in [-0.4, -0.2) is 36.3 Å². The molecule has 14 heavy (non-hydrogen) atoms. The molecule has 0 unspecified atom stereocenters. The lowest BCUT2D eigenvalue weighted by Crippen LogP contribution is -2.40. The number of nitrogens with two attached hydrogens (primary N) is 2. The molecule has 0 saturated carbocycles. The fraction of sp³-hybridized carbons (Fsp3) is 0.625. The van der Waals surface area contributed by atoms with Gasteiger partial charge in [0.15, 0.2) is 0 Å². The van der Waals surface area contributed by atoms with Gasteiger partial charge in [0.05, 0.1) is 19.2 Å². The molecule has 0 bridgehead atoms. The minimum atomic E-state index is -0.511. The smallest absolute Gasteiger partial charge is 0.231 e. The van der Waals surface area contributed by atoms with Crippen LogP contribution < -0.4 is 11.5 Å². The zero-order chi connectivity index (χ0) is 11.0. The Labute approximate surface area is 82.4 Å². The molecule has 0 atom stereocenters. The van der Waals surface area contributed by atoms with E-state index in [4.69, 9.17) is 16.7 Å². The Morgan fingerprint density at radius 2 is 1.71 bits per heavy atom. The quantitative estimate of drug-likeness (QED) is 0.488. The van der Waals surface area contributed by atoms with Crippen LogP contribution in [0.5, 0.6) is 0 Å². The summed E-state index contributed by atoms with van der Waals surface area (Å²) >= 11 is 0. The lowest BCUT2D eigenvalue weighted by atomic mass is 10.3. The van der Waals surface area contributed by atoms with Gasteiger partial charge in [-0.1, -0.05) is 0 Å². The van der Waals surface area contributed by atoms with Crippen LogP contribution in [0.1, 0.15) is 12.8 Å². The summed E-state index contributed by atoms with van der Waals surface area (Å²) in [6.07, 6.45) is 0.977. The van der Waals surface area contributed by atoms with Gasteiger partial charge in [-0.15, -0.1) is 0 Å². The van der Waals surface area contributed by atoms with Gasteiger partial charge in [-0.2, -0.15) is 5.26 Å². The molecule has 78 valence electrons. The molecule has 0 radical (unpaired) electrons. The van der Waals surface area contributed by atoms with E-state index in [9.17, 15) is 9.59 Å². The van der Waals surface area contributed by atoms with Crippen molar-refractivity contribution in [2.24, 2.45) is 11.5 Å². The second kappa shape index (κ2) is 6.86. The van der Waals surface area contributed by atoms with Crippen molar-refractivity contribution >= 4 is 11.8 Å². The normalized spacial score (nSPS) is 9.71. The van der Waals surface area contributed by atoms with Crippen LogP contribution in [0, 0.1) is 11.3 Å². The van der Waals surface area contributed by atoms with E-state index < -0.39 is 11.8 Å². The SMILES string of the molecule is N#CCCCN(CC(N)=O)CC(N)=O. The van der Waals surface area contributed by atoms with Gasteiger partial charge in [0.1, 0.15) is 0 Å². The number of unbranched alkanes of at least 4 members (excludes halogenated alkanes) is 1. The van der Waals surface area contributed by atoms with Crippen molar-refractivity contribution in [2.75, 3.05) is 19.6 Å². The summed E-state index contributed by atoms with van der Waals surface area (Å²) in [6, 6.07) is 1.97.